The quantitative estimate of drug-likeness (QED) is 0.732. The van der Waals surface area contributed by atoms with Gasteiger partial charge < -0.3 is 15.5 Å². The lowest BCUT2D eigenvalue weighted by molar-refractivity contribution is 0.452. The van der Waals surface area contributed by atoms with Crippen molar-refractivity contribution in [3.05, 3.63) is 58.4 Å². The van der Waals surface area contributed by atoms with Crippen LogP contribution in [-0.2, 0) is 0 Å². The zero-order valence-corrected chi connectivity index (χ0v) is 15.1. The van der Waals surface area contributed by atoms with Gasteiger partial charge in [0.2, 0.25) is 0 Å². The Labute approximate surface area is 153 Å². The number of hydrogen-bond acceptors (Lipinski definition) is 5. The van der Waals surface area contributed by atoms with Crippen LogP contribution in [0.1, 0.15) is 53.6 Å². The van der Waals surface area contributed by atoms with Crippen molar-refractivity contribution in [2.24, 2.45) is 0 Å². The first-order valence-electron chi connectivity index (χ1n) is 8.82. The van der Waals surface area contributed by atoms with Crippen molar-refractivity contribution < 1.29 is 10.2 Å². The maximum atomic E-state index is 10.9. The third-order valence-corrected chi connectivity index (χ3v) is 5.07. The molecule has 0 aliphatic carbocycles. The summed E-state index contributed by atoms with van der Waals surface area (Å²) in [4.78, 5) is 4.56. The van der Waals surface area contributed by atoms with Crippen molar-refractivity contribution in [1.82, 2.24) is 10.3 Å². The smallest absolute Gasteiger partial charge is 0.126 e. The summed E-state index contributed by atoms with van der Waals surface area (Å²) in [5.74, 6) is 0.451. The number of pyridine rings is 1. The second-order valence-corrected chi connectivity index (χ2v) is 6.73. The topological polar surface area (TPSA) is 89.2 Å². The third-order valence-electron chi connectivity index (χ3n) is 5.07. The van der Waals surface area contributed by atoms with Crippen molar-refractivity contribution in [3.8, 4) is 11.8 Å². The van der Waals surface area contributed by atoms with Crippen LogP contribution in [-0.4, -0.2) is 28.3 Å². The number of rotatable bonds is 3. The van der Waals surface area contributed by atoms with Gasteiger partial charge in [-0.2, -0.15) is 5.26 Å². The molecule has 26 heavy (non-hydrogen) atoms. The van der Waals surface area contributed by atoms with Crippen LogP contribution in [0.15, 0.2) is 30.5 Å². The predicted octanol–water partition coefficient (Wildman–Crippen LogP) is 3.88. The average Bonchev–Trinajstić information content (AvgIpc) is 2.67. The van der Waals surface area contributed by atoms with Crippen LogP contribution in [0.25, 0.3) is 11.3 Å². The number of allylic oxidation sites excluding steroid dienone is 1. The molecule has 0 saturated carbocycles. The van der Waals surface area contributed by atoms with Crippen molar-refractivity contribution in [1.29, 1.82) is 5.26 Å². The van der Waals surface area contributed by atoms with E-state index in [0.29, 0.717) is 22.6 Å². The second kappa shape index (κ2) is 7.59. The third kappa shape index (κ3) is 3.42. The number of nitriles is 1. The van der Waals surface area contributed by atoms with E-state index < -0.39 is 0 Å². The molecule has 0 unspecified atom stereocenters. The summed E-state index contributed by atoms with van der Waals surface area (Å²) in [6, 6.07) is 8.49. The predicted molar refractivity (Wildman–Crippen MR) is 102 cm³/mol. The lowest BCUT2D eigenvalue weighted by Gasteiger charge is -2.24. The zero-order valence-electron chi connectivity index (χ0n) is 15.1. The fourth-order valence-electron chi connectivity index (χ4n) is 3.55. The Hall–Kier alpha value is -2.84. The van der Waals surface area contributed by atoms with Crippen LogP contribution in [0, 0.1) is 18.3 Å². The normalized spacial score (nSPS) is 18.1. The maximum Gasteiger partial charge on any atom is 0.126 e. The fourth-order valence-corrected chi connectivity index (χ4v) is 3.55. The highest BCUT2D eigenvalue weighted by molar-refractivity contribution is 5.88. The number of piperidine rings is 1. The highest BCUT2D eigenvalue weighted by Crippen LogP contribution is 2.34. The fraction of sp³-hybridized carbons (Fsp3) is 0.333. The standard InChI is InChI=1S/C21H23N3O2/c1-13-18(7-9-24-20(13)16-4-3-8-23-12-16)21(26)14(2)17-6-5-15(11-22)10-19(17)25/h5-7,9-10,16,23,25-26H,3-4,8,12H2,1-2H3/b21-14-/t16-/m0/s1. The number of nitrogens with zero attached hydrogens (tertiary/aromatic N) is 2. The van der Waals surface area contributed by atoms with Crippen molar-refractivity contribution in [2.75, 3.05) is 13.1 Å². The van der Waals surface area contributed by atoms with Crippen LogP contribution in [0.2, 0.25) is 0 Å². The molecule has 2 heterocycles. The molecule has 5 nitrogen and oxygen atoms in total. The number of nitrogens with one attached hydrogen (secondary N) is 1. The zero-order chi connectivity index (χ0) is 18.7. The van der Waals surface area contributed by atoms with Gasteiger partial charge in [0.05, 0.1) is 11.6 Å². The Morgan fingerprint density at radius 2 is 2.12 bits per heavy atom. The average molecular weight is 349 g/mol. The van der Waals surface area contributed by atoms with E-state index in [9.17, 15) is 10.2 Å². The second-order valence-electron chi connectivity index (χ2n) is 6.73. The number of phenolic OH excluding ortho intramolecular Hbond substituents is 1. The number of benzene rings is 1. The van der Waals surface area contributed by atoms with Gasteiger partial charge in [-0.15, -0.1) is 0 Å². The Morgan fingerprint density at radius 3 is 2.77 bits per heavy atom. The molecule has 1 atom stereocenters. The Kier molecular flexibility index (Phi) is 5.24. The number of phenols is 1. The molecule has 5 heteroatoms. The van der Waals surface area contributed by atoms with Gasteiger partial charge in [0, 0.05) is 41.1 Å². The largest absolute Gasteiger partial charge is 0.507 e. The van der Waals surface area contributed by atoms with Gasteiger partial charge in [0.1, 0.15) is 11.5 Å². The number of aliphatic hydroxyl groups excluding tert-OH is 1. The first-order valence-corrected chi connectivity index (χ1v) is 8.82. The van der Waals surface area contributed by atoms with Crippen molar-refractivity contribution in [2.45, 2.75) is 32.6 Å². The maximum absolute atomic E-state index is 10.9. The molecule has 1 aliphatic heterocycles. The van der Waals surface area contributed by atoms with Crippen LogP contribution >= 0.6 is 0 Å². The molecule has 2 aromatic rings. The first kappa shape index (κ1) is 18.0. The molecule has 3 N–H and O–H groups in total. The molecule has 1 saturated heterocycles. The summed E-state index contributed by atoms with van der Waals surface area (Å²) in [7, 11) is 0. The van der Waals surface area contributed by atoms with Crippen molar-refractivity contribution >= 4 is 11.3 Å². The summed E-state index contributed by atoms with van der Waals surface area (Å²) in [6.07, 6.45) is 3.94. The van der Waals surface area contributed by atoms with E-state index in [1.165, 1.54) is 6.07 Å². The molecule has 1 aromatic heterocycles. The van der Waals surface area contributed by atoms with E-state index in [4.69, 9.17) is 5.26 Å². The summed E-state index contributed by atoms with van der Waals surface area (Å²) in [5, 5.41) is 33.4. The van der Waals surface area contributed by atoms with E-state index in [1.807, 2.05) is 13.0 Å². The minimum Gasteiger partial charge on any atom is -0.507 e. The Bertz CT molecular complexity index is 891. The number of aromatic hydroxyl groups is 1. The number of aromatic nitrogens is 1. The summed E-state index contributed by atoms with van der Waals surface area (Å²) in [6.45, 7) is 5.68. The van der Waals surface area contributed by atoms with Gasteiger partial charge >= 0.3 is 0 Å². The molecule has 0 amide bonds. The van der Waals surface area contributed by atoms with Gasteiger partial charge in [0.25, 0.3) is 0 Å². The minimum absolute atomic E-state index is 0.0171. The molecule has 0 radical (unpaired) electrons. The first-order chi connectivity index (χ1) is 12.5. The van der Waals surface area contributed by atoms with Crippen LogP contribution in [0.5, 0.6) is 5.75 Å². The van der Waals surface area contributed by atoms with E-state index in [-0.39, 0.29) is 11.5 Å². The molecular weight excluding hydrogens is 326 g/mol. The molecule has 134 valence electrons. The SMILES string of the molecule is C/C(=C(/O)c1ccnc([C@H]2CCCNC2)c1C)c1ccc(C#N)cc1O. The minimum atomic E-state index is -0.0171. The highest BCUT2D eigenvalue weighted by Gasteiger charge is 2.21. The van der Waals surface area contributed by atoms with Gasteiger partial charge in [0.15, 0.2) is 0 Å². The Morgan fingerprint density at radius 1 is 1.31 bits per heavy atom. The molecule has 3 rings (SSSR count). The van der Waals surface area contributed by atoms with Gasteiger partial charge in [-0.05, 0) is 63.1 Å². The molecule has 1 aliphatic rings. The molecule has 1 fully saturated rings. The van der Waals surface area contributed by atoms with Gasteiger partial charge in [-0.25, -0.2) is 0 Å². The number of hydrogen-bond donors (Lipinski definition) is 3. The lowest BCUT2D eigenvalue weighted by Crippen LogP contribution is -2.29. The van der Waals surface area contributed by atoms with Crippen LogP contribution < -0.4 is 5.32 Å². The lowest BCUT2D eigenvalue weighted by atomic mass is 9.90. The van der Waals surface area contributed by atoms with Crippen molar-refractivity contribution in [3.63, 3.8) is 0 Å². The van der Waals surface area contributed by atoms with Gasteiger partial charge in [-0.1, -0.05) is 0 Å². The Balaban J connectivity index is 2.02. The monoisotopic (exact) mass is 349 g/mol. The summed E-state index contributed by atoms with van der Waals surface area (Å²) in [5.41, 5.74) is 4.16. The van der Waals surface area contributed by atoms with Gasteiger partial charge in [-0.3, -0.25) is 4.98 Å². The molecular formula is C21H23N3O2. The van der Waals surface area contributed by atoms with E-state index >= 15 is 0 Å². The summed E-state index contributed by atoms with van der Waals surface area (Å²) < 4.78 is 0. The van der Waals surface area contributed by atoms with E-state index in [0.717, 1.165) is 42.8 Å². The van der Waals surface area contributed by atoms with E-state index in [1.54, 1.807) is 31.3 Å². The van der Waals surface area contributed by atoms with Crippen LogP contribution in [0.3, 0.4) is 0 Å². The summed E-state index contributed by atoms with van der Waals surface area (Å²) >= 11 is 0. The molecule has 1 aromatic carbocycles. The van der Waals surface area contributed by atoms with E-state index in [2.05, 4.69) is 10.3 Å². The highest BCUT2D eigenvalue weighted by atomic mass is 16.3. The molecule has 0 bridgehead atoms. The van der Waals surface area contributed by atoms with Crippen LogP contribution in [0.4, 0.5) is 0 Å². The molecule has 0 spiro atoms. The number of aliphatic hydroxyl groups is 1.